The topological polar surface area (TPSA) is 49.4 Å². The van der Waals surface area contributed by atoms with Gasteiger partial charge in [0.1, 0.15) is 10.8 Å². The van der Waals surface area contributed by atoms with Gasteiger partial charge in [0, 0.05) is 18.0 Å². The van der Waals surface area contributed by atoms with Crippen LogP contribution in [-0.2, 0) is 12.8 Å². The van der Waals surface area contributed by atoms with E-state index in [0.717, 1.165) is 50.8 Å². The average Bonchev–Trinajstić information content (AvgIpc) is 3.09. The molecule has 2 aliphatic rings. The number of carbonyl (C=O) groups excluding carboxylic acids is 2. The van der Waals surface area contributed by atoms with Gasteiger partial charge in [0.2, 0.25) is 0 Å². The molecule has 1 aliphatic carbocycles. The first-order chi connectivity index (χ1) is 15.1. The van der Waals surface area contributed by atoms with Gasteiger partial charge in [-0.3, -0.25) is 9.59 Å². The summed E-state index contributed by atoms with van der Waals surface area (Å²) in [4.78, 5) is 29.7. The maximum atomic E-state index is 14.2. The third-order valence-corrected chi connectivity index (χ3v) is 8.16. The van der Waals surface area contributed by atoms with Crippen molar-refractivity contribution in [2.75, 3.05) is 18.4 Å². The third-order valence-electron chi connectivity index (χ3n) is 6.99. The molecule has 2 heterocycles. The first-order valence-electron chi connectivity index (χ1n) is 11.6. The fraction of sp³-hybridized carbons (Fsp3) is 0.538. The number of benzene rings is 1. The molecule has 1 fully saturated rings. The number of nitrogens with zero attached hydrogens (tertiary/aromatic N) is 1. The van der Waals surface area contributed by atoms with Gasteiger partial charge >= 0.3 is 0 Å². The number of carbonyl (C=O) groups is 2. The molecule has 0 bridgehead atoms. The Hall–Kier alpha value is -2.21. The van der Waals surface area contributed by atoms with Gasteiger partial charge in [0.25, 0.3) is 11.8 Å². The number of piperidine rings is 1. The Balaban J connectivity index is 1.70. The normalized spacial score (nSPS) is 21.2. The van der Waals surface area contributed by atoms with Crippen molar-refractivity contribution in [1.29, 1.82) is 0 Å². The summed E-state index contributed by atoms with van der Waals surface area (Å²) in [5.74, 6) is -0.0512. The number of amides is 2. The first-order valence-corrected chi connectivity index (χ1v) is 12.5. The van der Waals surface area contributed by atoms with E-state index in [0.29, 0.717) is 22.4 Å². The summed E-state index contributed by atoms with van der Waals surface area (Å²) < 4.78 is 14.2. The van der Waals surface area contributed by atoms with Crippen LogP contribution in [-0.4, -0.2) is 29.8 Å². The standard InChI is InChI=1S/C26H33FN2O2S/c1-16-8-7-13-29(15-16)25(31)22-19-12-11-17(26(2,3)4)14-21(19)32-24(22)28-23(30)18-9-5-6-10-20(18)27/h5-6,9-10,16-17H,7-8,11-15H2,1-4H3,(H,28,30)/t16-,17+/m1/s1. The number of halogens is 1. The zero-order chi connectivity index (χ0) is 23.0. The highest BCUT2D eigenvalue weighted by Gasteiger charge is 2.36. The Morgan fingerprint density at radius 1 is 1.19 bits per heavy atom. The van der Waals surface area contributed by atoms with Gasteiger partial charge in [0.15, 0.2) is 0 Å². The van der Waals surface area contributed by atoms with Crippen LogP contribution in [0.15, 0.2) is 24.3 Å². The molecule has 4 rings (SSSR count). The highest BCUT2D eigenvalue weighted by Crippen LogP contribution is 2.45. The van der Waals surface area contributed by atoms with Gasteiger partial charge < -0.3 is 10.2 Å². The Kier molecular flexibility index (Phi) is 6.44. The van der Waals surface area contributed by atoms with Gasteiger partial charge in [-0.05, 0) is 67.1 Å². The molecule has 172 valence electrons. The Labute approximate surface area is 194 Å². The lowest BCUT2D eigenvalue weighted by molar-refractivity contribution is 0.0683. The van der Waals surface area contributed by atoms with Crippen molar-refractivity contribution in [3.63, 3.8) is 0 Å². The Bertz CT molecular complexity index is 1020. The number of hydrogen-bond acceptors (Lipinski definition) is 3. The smallest absolute Gasteiger partial charge is 0.259 e. The number of likely N-dealkylation sites (tertiary alicyclic amines) is 1. The van der Waals surface area contributed by atoms with Gasteiger partial charge in [-0.2, -0.15) is 0 Å². The molecule has 1 aromatic heterocycles. The van der Waals surface area contributed by atoms with E-state index in [2.05, 4.69) is 33.0 Å². The van der Waals surface area contributed by atoms with Crippen LogP contribution in [0.3, 0.4) is 0 Å². The van der Waals surface area contributed by atoms with Gasteiger partial charge in [-0.25, -0.2) is 4.39 Å². The molecule has 4 nitrogen and oxygen atoms in total. The summed E-state index contributed by atoms with van der Waals surface area (Å²) in [5, 5.41) is 3.47. The van der Waals surface area contributed by atoms with E-state index in [4.69, 9.17) is 0 Å². The summed E-state index contributed by atoms with van der Waals surface area (Å²) in [5.41, 5.74) is 1.90. The van der Waals surface area contributed by atoms with E-state index in [1.165, 1.54) is 28.3 Å². The Morgan fingerprint density at radius 3 is 2.62 bits per heavy atom. The maximum Gasteiger partial charge on any atom is 0.259 e. The largest absolute Gasteiger partial charge is 0.338 e. The highest BCUT2D eigenvalue weighted by molar-refractivity contribution is 7.17. The number of nitrogens with one attached hydrogen (secondary N) is 1. The molecule has 32 heavy (non-hydrogen) atoms. The molecule has 2 amide bonds. The van der Waals surface area contributed by atoms with Crippen molar-refractivity contribution < 1.29 is 14.0 Å². The van der Waals surface area contributed by atoms with Crippen LogP contribution in [0.1, 0.15) is 78.1 Å². The van der Waals surface area contributed by atoms with Gasteiger partial charge in [-0.1, -0.05) is 39.8 Å². The molecular weight excluding hydrogens is 423 g/mol. The molecule has 0 unspecified atom stereocenters. The molecule has 0 radical (unpaired) electrons. The van der Waals surface area contributed by atoms with Crippen molar-refractivity contribution in [1.82, 2.24) is 4.90 Å². The second kappa shape index (κ2) is 8.97. The predicted octanol–water partition coefficient (Wildman–Crippen LogP) is 6.16. The number of fused-ring (bicyclic) bond motifs is 1. The summed E-state index contributed by atoms with van der Waals surface area (Å²) in [6, 6.07) is 5.97. The van der Waals surface area contributed by atoms with Crippen molar-refractivity contribution in [2.45, 2.75) is 59.8 Å². The summed E-state index contributed by atoms with van der Waals surface area (Å²) >= 11 is 1.50. The van der Waals surface area contributed by atoms with Crippen LogP contribution in [0.25, 0.3) is 0 Å². The molecule has 0 spiro atoms. The average molecular weight is 457 g/mol. The minimum atomic E-state index is -0.558. The lowest BCUT2D eigenvalue weighted by atomic mass is 9.72. The minimum absolute atomic E-state index is 0.00330. The van der Waals surface area contributed by atoms with Crippen LogP contribution in [0.5, 0.6) is 0 Å². The van der Waals surface area contributed by atoms with E-state index in [9.17, 15) is 14.0 Å². The van der Waals surface area contributed by atoms with Gasteiger partial charge in [0.05, 0.1) is 11.1 Å². The van der Waals surface area contributed by atoms with E-state index in [1.54, 1.807) is 12.1 Å². The zero-order valence-corrected chi connectivity index (χ0v) is 20.3. The van der Waals surface area contributed by atoms with Gasteiger partial charge in [-0.15, -0.1) is 11.3 Å². The molecule has 1 aliphatic heterocycles. The third kappa shape index (κ3) is 4.61. The maximum absolute atomic E-state index is 14.2. The SMILES string of the molecule is C[C@@H]1CCCN(C(=O)c2c(NC(=O)c3ccccc3F)sc3c2CC[C@H](C(C)(C)C)C3)C1. The van der Waals surface area contributed by atoms with E-state index in [1.807, 2.05) is 4.90 Å². The quantitative estimate of drug-likeness (QED) is 0.601. The number of rotatable bonds is 3. The first kappa shape index (κ1) is 23.0. The molecule has 2 aromatic rings. The van der Waals surface area contributed by atoms with Crippen molar-refractivity contribution in [2.24, 2.45) is 17.3 Å². The number of hydrogen-bond donors (Lipinski definition) is 1. The van der Waals surface area contributed by atoms with Crippen LogP contribution < -0.4 is 5.32 Å². The molecule has 6 heteroatoms. The zero-order valence-electron chi connectivity index (χ0n) is 19.5. The van der Waals surface area contributed by atoms with Crippen molar-refractivity contribution in [3.05, 3.63) is 51.7 Å². The monoisotopic (exact) mass is 456 g/mol. The fourth-order valence-corrected chi connectivity index (χ4v) is 6.30. The van der Waals surface area contributed by atoms with Crippen LogP contribution in [0, 0.1) is 23.1 Å². The lowest BCUT2D eigenvalue weighted by Crippen LogP contribution is -2.39. The van der Waals surface area contributed by atoms with E-state index >= 15 is 0 Å². The van der Waals surface area contributed by atoms with Crippen LogP contribution >= 0.6 is 11.3 Å². The fourth-order valence-electron chi connectivity index (χ4n) is 4.99. The molecule has 0 saturated carbocycles. The van der Waals surface area contributed by atoms with E-state index < -0.39 is 11.7 Å². The highest BCUT2D eigenvalue weighted by atomic mass is 32.1. The molecule has 1 saturated heterocycles. The molecular formula is C26H33FN2O2S. The van der Waals surface area contributed by atoms with Crippen molar-refractivity contribution >= 4 is 28.2 Å². The second-order valence-electron chi connectivity index (χ2n) is 10.4. The lowest BCUT2D eigenvalue weighted by Gasteiger charge is -2.34. The molecule has 1 aromatic carbocycles. The summed E-state index contributed by atoms with van der Waals surface area (Å²) in [6.07, 6.45) is 4.92. The summed E-state index contributed by atoms with van der Waals surface area (Å²) in [6.45, 7) is 10.5. The van der Waals surface area contributed by atoms with Crippen LogP contribution in [0.4, 0.5) is 9.39 Å². The number of anilines is 1. The number of thiophene rings is 1. The molecule has 2 atom stereocenters. The van der Waals surface area contributed by atoms with E-state index in [-0.39, 0.29) is 16.9 Å². The Morgan fingerprint density at radius 2 is 1.94 bits per heavy atom. The second-order valence-corrected chi connectivity index (χ2v) is 11.6. The predicted molar refractivity (Wildman–Crippen MR) is 128 cm³/mol. The van der Waals surface area contributed by atoms with Crippen LogP contribution in [0.2, 0.25) is 0 Å². The van der Waals surface area contributed by atoms with Crippen molar-refractivity contribution in [3.8, 4) is 0 Å². The molecule has 1 N–H and O–H groups in total. The minimum Gasteiger partial charge on any atom is -0.338 e. The summed E-state index contributed by atoms with van der Waals surface area (Å²) in [7, 11) is 0.